The van der Waals surface area contributed by atoms with Crippen molar-refractivity contribution in [2.24, 2.45) is 0 Å². The summed E-state index contributed by atoms with van der Waals surface area (Å²) in [6.45, 7) is 0.314. The third-order valence-corrected chi connectivity index (χ3v) is 6.91. The summed E-state index contributed by atoms with van der Waals surface area (Å²) >= 11 is 1.48. The van der Waals surface area contributed by atoms with E-state index in [0.717, 1.165) is 43.8 Å². The number of nitrogens with zero attached hydrogens (tertiary/aromatic N) is 2. The van der Waals surface area contributed by atoms with Gasteiger partial charge in [0, 0.05) is 80.8 Å². The zero-order valence-corrected chi connectivity index (χ0v) is 20.3. The predicted molar refractivity (Wildman–Crippen MR) is 142 cm³/mol. The molecule has 5 rings (SSSR count). The first-order chi connectivity index (χ1) is 17.6. The van der Waals surface area contributed by atoms with E-state index < -0.39 is 0 Å². The van der Waals surface area contributed by atoms with Crippen LogP contribution in [-0.2, 0) is 6.54 Å². The second-order valence-electron chi connectivity index (χ2n) is 8.10. The van der Waals surface area contributed by atoms with Gasteiger partial charge in [0.05, 0.1) is 0 Å². The number of carbonyl (C=O) groups excluding carboxylic acids is 2. The molecule has 0 aliphatic heterocycles. The average Bonchev–Trinajstić information content (AvgIpc) is 3.40. The molecule has 36 heavy (non-hydrogen) atoms. The van der Waals surface area contributed by atoms with Crippen LogP contribution in [0.2, 0.25) is 0 Å². The van der Waals surface area contributed by atoms with Crippen molar-refractivity contribution in [3.63, 3.8) is 0 Å². The fourth-order valence-electron chi connectivity index (χ4n) is 3.82. The lowest BCUT2D eigenvalue weighted by atomic mass is 10.1. The molecule has 3 aromatic carbocycles. The highest BCUT2D eigenvalue weighted by Gasteiger charge is 2.12. The van der Waals surface area contributed by atoms with Gasteiger partial charge in [-0.1, -0.05) is 30.0 Å². The minimum atomic E-state index is -0.196. The van der Waals surface area contributed by atoms with Crippen LogP contribution in [0.1, 0.15) is 26.3 Å². The van der Waals surface area contributed by atoms with Crippen LogP contribution in [0.15, 0.2) is 95.1 Å². The summed E-state index contributed by atoms with van der Waals surface area (Å²) in [5, 5.41) is 7.17. The summed E-state index contributed by atoms with van der Waals surface area (Å²) in [5.41, 5.74) is 4.78. The molecule has 1 amide bonds. The van der Waals surface area contributed by atoms with Crippen molar-refractivity contribution < 1.29 is 9.59 Å². The van der Waals surface area contributed by atoms with Crippen molar-refractivity contribution in [1.82, 2.24) is 20.3 Å². The lowest BCUT2D eigenvalue weighted by Gasteiger charge is -2.12. The number of benzene rings is 3. The molecule has 8 heteroatoms. The number of aromatic nitrogens is 3. The average molecular weight is 494 g/mol. The van der Waals surface area contributed by atoms with E-state index in [9.17, 15) is 9.59 Å². The molecule has 2 aromatic heterocycles. The van der Waals surface area contributed by atoms with Crippen LogP contribution >= 0.6 is 11.8 Å². The fraction of sp³-hybridized carbons (Fsp3) is 0.0714. The molecule has 0 fully saturated rings. The predicted octanol–water partition coefficient (Wildman–Crippen LogP) is 5.56. The van der Waals surface area contributed by atoms with Crippen molar-refractivity contribution in [3.05, 3.63) is 102 Å². The zero-order valence-electron chi connectivity index (χ0n) is 19.5. The summed E-state index contributed by atoms with van der Waals surface area (Å²) < 4.78 is 0. The number of aldehydes is 1. The SMILES string of the molecule is CNc1cc(C(=O)NCc2cnc(-c3ccc4[nH]ccc4c3)nc2)ccc1Sc1ccccc1C=O. The Morgan fingerprint density at radius 3 is 2.64 bits per heavy atom. The van der Waals surface area contributed by atoms with Crippen LogP contribution in [0, 0.1) is 0 Å². The number of rotatable bonds is 8. The standard InChI is InChI=1S/C28H23N5O2S/c1-29-24-13-21(7-9-26(24)36-25-5-3-2-4-22(25)17-34)28(35)33-16-18-14-31-27(32-15-18)20-6-8-23-19(12-20)10-11-30-23/h2-15,17,29-30H,16H2,1H3,(H,33,35). The number of anilines is 1. The maximum atomic E-state index is 12.8. The Morgan fingerprint density at radius 2 is 1.83 bits per heavy atom. The van der Waals surface area contributed by atoms with Crippen LogP contribution in [-0.4, -0.2) is 34.2 Å². The lowest BCUT2D eigenvalue weighted by molar-refractivity contribution is 0.0950. The molecule has 0 bridgehead atoms. The van der Waals surface area contributed by atoms with Crippen LogP contribution in [0.5, 0.6) is 0 Å². The Bertz CT molecular complexity index is 1550. The van der Waals surface area contributed by atoms with E-state index in [1.54, 1.807) is 37.6 Å². The maximum Gasteiger partial charge on any atom is 0.251 e. The largest absolute Gasteiger partial charge is 0.387 e. The minimum Gasteiger partial charge on any atom is -0.387 e. The number of nitrogens with one attached hydrogen (secondary N) is 3. The Morgan fingerprint density at radius 1 is 1.00 bits per heavy atom. The van der Waals surface area contributed by atoms with Crippen LogP contribution in [0.4, 0.5) is 5.69 Å². The first-order valence-corrected chi connectivity index (χ1v) is 12.2. The quantitative estimate of drug-likeness (QED) is 0.245. The molecule has 0 saturated heterocycles. The lowest BCUT2D eigenvalue weighted by Crippen LogP contribution is -2.23. The Hall–Kier alpha value is -4.43. The topological polar surface area (TPSA) is 99.8 Å². The number of carbonyl (C=O) groups is 2. The van der Waals surface area contributed by atoms with Crippen LogP contribution < -0.4 is 10.6 Å². The van der Waals surface area contributed by atoms with E-state index in [4.69, 9.17) is 0 Å². The van der Waals surface area contributed by atoms with Gasteiger partial charge in [-0.05, 0) is 48.5 Å². The van der Waals surface area contributed by atoms with Gasteiger partial charge in [0.25, 0.3) is 5.91 Å². The van der Waals surface area contributed by atoms with Crippen molar-refractivity contribution >= 4 is 40.5 Å². The minimum absolute atomic E-state index is 0.196. The summed E-state index contributed by atoms with van der Waals surface area (Å²) in [5.74, 6) is 0.439. The van der Waals surface area contributed by atoms with Crippen LogP contribution in [0.25, 0.3) is 22.3 Å². The molecule has 2 heterocycles. The highest BCUT2D eigenvalue weighted by atomic mass is 32.2. The number of hydrogen-bond acceptors (Lipinski definition) is 6. The third kappa shape index (κ3) is 4.99. The fourth-order valence-corrected chi connectivity index (χ4v) is 4.84. The second kappa shape index (κ2) is 10.5. The molecule has 0 radical (unpaired) electrons. The van der Waals surface area contributed by atoms with E-state index in [1.807, 2.05) is 54.7 Å². The highest BCUT2D eigenvalue weighted by molar-refractivity contribution is 7.99. The van der Waals surface area contributed by atoms with Gasteiger partial charge in [0.15, 0.2) is 12.1 Å². The number of hydrogen-bond donors (Lipinski definition) is 3. The second-order valence-corrected chi connectivity index (χ2v) is 9.18. The van der Waals surface area contributed by atoms with Gasteiger partial charge in [0.2, 0.25) is 0 Å². The number of amides is 1. The highest BCUT2D eigenvalue weighted by Crippen LogP contribution is 2.35. The van der Waals surface area contributed by atoms with E-state index in [-0.39, 0.29) is 5.91 Å². The molecule has 7 nitrogen and oxygen atoms in total. The van der Waals surface area contributed by atoms with Gasteiger partial charge in [-0.2, -0.15) is 0 Å². The maximum absolute atomic E-state index is 12.8. The normalized spacial score (nSPS) is 10.8. The number of aromatic amines is 1. The molecule has 0 unspecified atom stereocenters. The summed E-state index contributed by atoms with van der Waals surface area (Å²) in [4.78, 5) is 38.1. The summed E-state index contributed by atoms with van der Waals surface area (Å²) in [6, 6.07) is 20.9. The first kappa shape index (κ1) is 23.3. The van der Waals surface area contributed by atoms with E-state index in [0.29, 0.717) is 23.5 Å². The van der Waals surface area contributed by atoms with Gasteiger partial charge in [-0.25, -0.2) is 9.97 Å². The molecule has 0 aliphatic rings. The van der Waals surface area contributed by atoms with Gasteiger partial charge in [-0.3, -0.25) is 9.59 Å². The van der Waals surface area contributed by atoms with Gasteiger partial charge in [0.1, 0.15) is 0 Å². The van der Waals surface area contributed by atoms with Gasteiger partial charge >= 0.3 is 0 Å². The van der Waals surface area contributed by atoms with Crippen molar-refractivity contribution in [3.8, 4) is 11.4 Å². The summed E-state index contributed by atoms with van der Waals surface area (Å²) in [7, 11) is 1.80. The Labute approximate surface area is 212 Å². The number of fused-ring (bicyclic) bond motifs is 1. The van der Waals surface area contributed by atoms with E-state index >= 15 is 0 Å². The first-order valence-electron chi connectivity index (χ1n) is 11.3. The molecule has 0 saturated carbocycles. The molecule has 178 valence electrons. The van der Waals surface area contributed by atoms with Gasteiger partial charge in [-0.15, -0.1) is 0 Å². The summed E-state index contributed by atoms with van der Waals surface area (Å²) in [6.07, 6.45) is 6.21. The molecule has 0 atom stereocenters. The number of H-pyrrole nitrogens is 1. The van der Waals surface area contributed by atoms with E-state index in [2.05, 4.69) is 25.6 Å². The third-order valence-electron chi connectivity index (χ3n) is 5.75. The van der Waals surface area contributed by atoms with E-state index in [1.165, 1.54) is 11.8 Å². The molecule has 0 aliphatic carbocycles. The Balaban J connectivity index is 1.25. The van der Waals surface area contributed by atoms with Crippen LogP contribution in [0.3, 0.4) is 0 Å². The smallest absolute Gasteiger partial charge is 0.251 e. The molecular formula is C28H23N5O2S. The molecule has 5 aromatic rings. The molecule has 3 N–H and O–H groups in total. The monoisotopic (exact) mass is 493 g/mol. The van der Waals surface area contributed by atoms with Gasteiger partial charge < -0.3 is 15.6 Å². The molecule has 0 spiro atoms. The van der Waals surface area contributed by atoms with Crippen molar-refractivity contribution in [2.75, 3.05) is 12.4 Å². The van der Waals surface area contributed by atoms with Crippen molar-refractivity contribution in [1.29, 1.82) is 0 Å². The molecular weight excluding hydrogens is 470 g/mol. The zero-order chi connectivity index (χ0) is 24.9. The Kier molecular flexibility index (Phi) is 6.77. The van der Waals surface area contributed by atoms with Crippen molar-refractivity contribution in [2.45, 2.75) is 16.3 Å².